The number of pyridine rings is 1. The van der Waals surface area contributed by atoms with Gasteiger partial charge >= 0.3 is 0 Å². The van der Waals surface area contributed by atoms with Crippen molar-refractivity contribution in [3.05, 3.63) is 59.7 Å². The molecular weight excluding hydrogens is 411 g/mol. The minimum absolute atomic E-state index is 0.0229. The molecule has 2 fully saturated rings. The molecule has 1 aromatic carbocycles. The SMILES string of the molecule is Cc1cccc(C2(CCC(=O)N3CCN(c4cccc(F)c4)[C@@H](C)C3)NC(=O)CC2=O)n1. The highest BCUT2D eigenvalue weighted by molar-refractivity contribution is 6.10. The quantitative estimate of drug-likeness (QED) is 0.725. The van der Waals surface area contributed by atoms with E-state index in [9.17, 15) is 18.8 Å². The van der Waals surface area contributed by atoms with Crippen molar-refractivity contribution in [1.82, 2.24) is 15.2 Å². The van der Waals surface area contributed by atoms with Crippen LogP contribution in [0.4, 0.5) is 10.1 Å². The average molecular weight is 439 g/mol. The van der Waals surface area contributed by atoms with Gasteiger partial charge in [-0.15, -0.1) is 0 Å². The first-order valence-electron chi connectivity index (χ1n) is 10.9. The van der Waals surface area contributed by atoms with E-state index < -0.39 is 5.54 Å². The van der Waals surface area contributed by atoms with Gasteiger partial charge in [0.05, 0.1) is 12.1 Å². The molecule has 0 bridgehead atoms. The molecule has 2 aromatic rings. The highest BCUT2D eigenvalue weighted by Gasteiger charge is 2.48. The number of halogens is 1. The molecule has 0 radical (unpaired) electrons. The van der Waals surface area contributed by atoms with Crippen molar-refractivity contribution in [2.45, 2.75) is 44.7 Å². The van der Waals surface area contributed by atoms with Gasteiger partial charge in [0.25, 0.3) is 0 Å². The van der Waals surface area contributed by atoms with Crippen LogP contribution in [0.1, 0.15) is 37.6 Å². The van der Waals surface area contributed by atoms with Crippen molar-refractivity contribution >= 4 is 23.3 Å². The first-order chi connectivity index (χ1) is 15.3. The van der Waals surface area contributed by atoms with Crippen molar-refractivity contribution in [2.75, 3.05) is 24.5 Å². The van der Waals surface area contributed by atoms with E-state index >= 15 is 0 Å². The largest absolute Gasteiger partial charge is 0.365 e. The lowest BCUT2D eigenvalue weighted by Crippen LogP contribution is -2.54. The zero-order chi connectivity index (χ0) is 22.9. The summed E-state index contributed by atoms with van der Waals surface area (Å²) in [4.78, 5) is 46.2. The predicted octanol–water partition coefficient (Wildman–Crippen LogP) is 2.33. The molecule has 4 rings (SSSR count). The molecule has 2 atom stereocenters. The second-order valence-electron chi connectivity index (χ2n) is 8.58. The molecule has 8 heteroatoms. The highest BCUT2D eigenvalue weighted by Crippen LogP contribution is 2.33. The highest BCUT2D eigenvalue weighted by atomic mass is 19.1. The summed E-state index contributed by atoms with van der Waals surface area (Å²) in [6.45, 7) is 5.43. The lowest BCUT2D eigenvalue weighted by molar-refractivity contribution is -0.133. The van der Waals surface area contributed by atoms with Crippen LogP contribution in [0.3, 0.4) is 0 Å². The normalized spacial score (nSPS) is 23.4. The van der Waals surface area contributed by atoms with Crippen molar-refractivity contribution in [1.29, 1.82) is 0 Å². The van der Waals surface area contributed by atoms with E-state index in [0.717, 1.165) is 11.4 Å². The Kier molecular flexibility index (Phi) is 5.95. The number of carbonyl (C=O) groups excluding carboxylic acids is 3. The van der Waals surface area contributed by atoms with Gasteiger partial charge in [0.2, 0.25) is 11.8 Å². The summed E-state index contributed by atoms with van der Waals surface area (Å²) in [7, 11) is 0. The molecule has 0 aliphatic carbocycles. The fraction of sp³-hybridized carbons (Fsp3) is 0.417. The van der Waals surface area contributed by atoms with Crippen molar-refractivity contribution < 1.29 is 18.8 Å². The van der Waals surface area contributed by atoms with Gasteiger partial charge in [0, 0.05) is 43.5 Å². The molecule has 2 amide bonds. The molecule has 2 aliphatic heterocycles. The molecule has 1 N–H and O–H groups in total. The molecule has 7 nitrogen and oxygen atoms in total. The summed E-state index contributed by atoms with van der Waals surface area (Å²) in [6.07, 6.45) is 0.0901. The smallest absolute Gasteiger partial charge is 0.228 e. The summed E-state index contributed by atoms with van der Waals surface area (Å²) >= 11 is 0. The number of amides is 2. The van der Waals surface area contributed by atoms with Gasteiger partial charge < -0.3 is 15.1 Å². The number of aromatic nitrogens is 1. The molecule has 1 aromatic heterocycles. The fourth-order valence-electron chi connectivity index (χ4n) is 4.64. The van der Waals surface area contributed by atoms with Crippen LogP contribution in [0.2, 0.25) is 0 Å². The molecule has 1 unspecified atom stereocenters. The number of nitrogens with one attached hydrogen (secondary N) is 1. The lowest BCUT2D eigenvalue weighted by atomic mass is 9.86. The number of benzene rings is 1. The van der Waals surface area contributed by atoms with Crippen LogP contribution in [0.25, 0.3) is 0 Å². The van der Waals surface area contributed by atoms with Gasteiger partial charge in [0.15, 0.2) is 5.78 Å². The van der Waals surface area contributed by atoms with Crippen LogP contribution in [0, 0.1) is 12.7 Å². The molecule has 0 spiro atoms. The standard InChI is InChI=1S/C24H27FN4O3/c1-16-5-3-8-20(26-16)24(21(30)14-22(31)27-24)10-9-23(32)28-11-12-29(17(2)15-28)19-7-4-6-18(25)13-19/h3-8,13,17H,9-12,14-15H2,1-2H3,(H,27,31)/t17-,24?/m0/s1. The van der Waals surface area contributed by atoms with Crippen LogP contribution in [0.15, 0.2) is 42.5 Å². The topological polar surface area (TPSA) is 82.6 Å². The van der Waals surface area contributed by atoms with Gasteiger partial charge in [-0.1, -0.05) is 12.1 Å². The van der Waals surface area contributed by atoms with E-state index in [-0.39, 0.29) is 48.7 Å². The Morgan fingerprint density at radius 2 is 2.00 bits per heavy atom. The van der Waals surface area contributed by atoms with Crippen LogP contribution in [-0.4, -0.2) is 53.2 Å². The van der Waals surface area contributed by atoms with Crippen LogP contribution in [0.5, 0.6) is 0 Å². The van der Waals surface area contributed by atoms with Crippen molar-refractivity contribution in [3.8, 4) is 0 Å². The Balaban J connectivity index is 1.44. The summed E-state index contributed by atoms with van der Waals surface area (Å²) < 4.78 is 13.6. The number of ketones is 1. The van der Waals surface area contributed by atoms with Gasteiger partial charge in [-0.05, 0) is 50.6 Å². The molecule has 32 heavy (non-hydrogen) atoms. The number of aryl methyl sites for hydroxylation is 1. The molecule has 168 valence electrons. The van der Waals surface area contributed by atoms with Gasteiger partial charge in [0.1, 0.15) is 11.4 Å². The second kappa shape index (κ2) is 8.68. The number of hydrogen-bond donors (Lipinski definition) is 1. The third-order valence-corrected chi connectivity index (χ3v) is 6.31. The van der Waals surface area contributed by atoms with Crippen molar-refractivity contribution in [3.63, 3.8) is 0 Å². The monoisotopic (exact) mass is 438 g/mol. The van der Waals surface area contributed by atoms with E-state index in [1.54, 1.807) is 23.1 Å². The number of anilines is 1. The van der Waals surface area contributed by atoms with E-state index in [0.29, 0.717) is 25.3 Å². The molecule has 3 heterocycles. The van der Waals surface area contributed by atoms with Gasteiger partial charge in [-0.3, -0.25) is 19.4 Å². The molecular formula is C24H27FN4O3. The number of hydrogen-bond acceptors (Lipinski definition) is 5. The maximum Gasteiger partial charge on any atom is 0.228 e. The molecule has 0 saturated carbocycles. The average Bonchev–Trinajstić information content (AvgIpc) is 3.06. The third-order valence-electron chi connectivity index (χ3n) is 6.31. The van der Waals surface area contributed by atoms with E-state index in [1.165, 1.54) is 12.1 Å². The number of rotatable bonds is 5. The number of nitrogens with zero attached hydrogens (tertiary/aromatic N) is 3. The Labute approximate surface area is 186 Å². The maximum absolute atomic E-state index is 13.6. The van der Waals surface area contributed by atoms with Crippen molar-refractivity contribution in [2.24, 2.45) is 0 Å². The lowest BCUT2D eigenvalue weighted by Gasteiger charge is -2.41. The molecule has 2 saturated heterocycles. The Hall–Kier alpha value is -3.29. The van der Waals surface area contributed by atoms with Crippen LogP contribution in [-0.2, 0) is 19.9 Å². The van der Waals surface area contributed by atoms with E-state index in [4.69, 9.17) is 0 Å². The number of carbonyl (C=O) groups is 3. The fourth-order valence-corrected chi connectivity index (χ4v) is 4.64. The Bertz CT molecular complexity index is 1060. The number of Topliss-reactive ketones (excluding diaryl/α,β-unsaturated/α-hetero) is 1. The number of piperazine rings is 1. The van der Waals surface area contributed by atoms with Gasteiger partial charge in [-0.2, -0.15) is 0 Å². The predicted molar refractivity (Wildman–Crippen MR) is 117 cm³/mol. The molecule has 2 aliphatic rings. The first kappa shape index (κ1) is 21.9. The summed E-state index contributed by atoms with van der Waals surface area (Å²) in [6, 6.07) is 11.8. The maximum atomic E-state index is 13.6. The third kappa shape index (κ3) is 4.22. The van der Waals surface area contributed by atoms with Crippen LogP contribution >= 0.6 is 0 Å². The van der Waals surface area contributed by atoms with E-state index in [2.05, 4.69) is 15.2 Å². The zero-order valence-electron chi connectivity index (χ0n) is 18.3. The Morgan fingerprint density at radius 3 is 2.66 bits per heavy atom. The Morgan fingerprint density at radius 1 is 1.22 bits per heavy atom. The first-order valence-corrected chi connectivity index (χ1v) is 10.9. The van der Waals surface area contributed by atoms with E-state index in [1.807, 2.05) is 26.0 Å². The minimum atomic E-state index is -1.26. The summed E-state index contributed by atoms with van der Waals surface area (Å²) in [5.41, 5.74) is 0.761. The van der Waals surface area contributed by atoms with Crippen LogP contribution < -0.4 is 10.2 Å². The zero-order valence-corrected chi connectivity index (χ0v) is 18.3. The second-order valence-corrected chi connectivity index (χ2v) is 8.58. The minimum Gasteiger partial charge on any atom is -0.365 e. The summed E-state index contributed by atoms with van der Waals surface area (Å²) in [5.74, 6) is -0.955. The van der Waals surface area contributed by atoms with Gasteiger partial charge in [-0.25, -0.2) is 4.39 Å². The summed E-state index contributed by atoms with van der Waals surface area (Å²) in [5, 5.41) is 2.80.